The van der Waals surface area contributed by atoms with Gasteiger partial charge in [-0.1, -0.05) is 60.7 Å². The number of nitrogens with zero attached hydrogens (tertiary/aromatic N) is 4. The molecule has 0 atom stereocenters. The average molecular weight is 409 g/mol. The molecule has 5 rings (SSSR count). The van der Waals surface area contributed by atoms with E-state index in [0.29, 0.717) is 6.54 Å². The highest BCUT2D eigenvalue weighted by molar-refractivity contribution is 5.87. The largest absolute Gasteiger partial charge is 0.363 e. The van der Waals surface area contributed by atoms with Crippen molar-refractivity contribution < 1.29 is 4.39 Å². The number of fused-ring (bicyclic) bond motifs is 1. The molecular formula is C25H20FN5. The molecule has 2 heterocycles. The fraction of sp³-hybridized carbons (Fsp3) is 0.0800. The maximum absolute atomic E-state index is 15.2. The number of halogens is 1. The van der Waals surface area contributed by atoms with Gasteiger partial charge in [0.1, 0.15) is 12.0 Å². The maximum Gasteiger partial charge on any atom is 0.191 e. The van der Waals surface area contributed by atoms with E-state index < -0.39 is 5.82 Å². The van der Waals surface area contributed by atoms with Crippen molar-refractivity contribution in [3.63, 3.8) is 0 Å². The first-order valence-corrected chi connectivity index (χ1v) is 10.00. The van der Waals surface area contributed by atoms with Crippen LogP contribution in [0.1, 0.15) is 5.56 Å². The molecule has 0 aliphatic heterocycles. The summed E-state index contributed by atoms with van der Waals surface area (Å²) >= 11 is 0. The molecule has 3 aromatic carbocycles. The zero-order valence-electron chi connectivity index (χ0n) is 17.0. The molecule has 0 amide bonds. The molecule has 0 spiro atoms. The zero-order chi connectivity index (χ0) is 21.2. The van der Waals surface area contributed by atoms with E-state index in [1.54, 1.807) is 6.20 Å². The smallest absolute Gasteiger partial charge is 0.191 e. The summed E-state index contributed by atoms with van der Waals surface area (Å²) in [6.07, 6.45) is 3.16. The van der Waals surface area contributed by atoms with Crippen LogP contribution in [0.4, 0.5) is 10.2 Å². The Labute approximate surface area is 179 Å². The lowest BCUT2D eigenvalue weighted by Crippen LogP contribution is -2.05. The lowest BCUT2D eigenvalue weighted by atomic mass is 10.0. The fourth-order valence-corrected chi connectivity index (χ4v) is 3.67. The second-order valence-corrected chi connectivity index (χ2v) is 7.34. The molecule has 1 N–H and O–H groups in total. The highest BCUT2D eigenvalue weighted by atomic mass is 19.1. The van der Waals surface area contributed by atoms with Crippen LogP contribution in [0.5, 0.6) is 0 Å². The van der Waals surface area contributed by atoms with E-state index in [1.165, 1.54) is 6.33 Å². The average Bonchev–Trinajstić information content (AvgIpc) is 3.24. The zero-order valence-corrected chi connectivity index (χ0v) is 17.0. The molecule has 0 bridgehead atoms. The molecule has 2 aromatic heterocycles. The Hall–Kier alpha value is -4.06. The molecular weight excluding hydrogens is 389 g/mol. The van der Waals surface area contributed by atoms with Crippen molar-refractivity contribution in [3.8, 4) is 22.5 Å². The molecule has 152 valence electrons. The van der Waals surface area contributed by atoms with Crippen LogP contribution in [0.3, 0.4) is 0 Å². The normalized spacial score (nSPS) is 11.0. The maximum atomic E-state index is 15.2. The fourth-order valence-electron chi connectivity index (χ4n) is 3.67. The van der Waals surface area contributed by atoms with Gasteiger partial charge >= 0.3 is 0 Å². The summed E-state index contributed by atoms with van der Waals surface area (Å²) < 4.78 is 17.0. The van der Waals surface area contributed by atoms with Gasteiger partial charge in [-0.05, 0) is 34.0 Å². The van der Waals surface area contributed by atoms with Gasteiger partial charge in [0.15, 0.2) is 11.6 Å². The van der Waals surface area contributed by atoms with E-state index >= 15 is 4.39 Å². The standard InChI is InChI=1S/C25H20FN5/c1-31-22(12-13-30-31)19-8-6-17(7-9-19)15-27-25-23(26)24(28-16-29-25)21-11-10-18-4-2-3-5-20(18)14-21/h2-14,16H,15H2,1H3,(H,27,28,29). The van der Waals surface area contributed by atoms with Crippen molar-refractivity contribution >= 4 is 16.6 Å². The van der Waals surface area contributed by atoms with Gasteiger partial charge in [0.05, 0.1) is 5.69 Å². The van der Waals surface area contributed by atoms with E-state index in [9.17, 15) is 0 Å². The molecule has 5 nitrogen and oxygen atoms in total. The molecule has 5 aromatic rings. The Bertz CT molecular complexity index is 1360. The van der Waals surface area contributed by atoms with E-state index in [1.807, 2.05) is 84.5 Å². The van der Waals surface area contributed by atoms with Crippen LogP contribution >= 0.6 is 0 Å². The molecule has 0 radical (unpaired) electrons. The predicted molar refractivity (Wildman–Crippen MR) is 121 cm³/mol. The van der Waals surface area contributed by atoms with Crippen LogP contribution < -0.4 is 5.32 Å². The van der Waals surface area contributed by atoms with Crippen molar-refractivity contribution in [2.45, 2.75) is 6.54 Å². The van der Waals surface area contributed by atoms with Gasteiger partial charge in [-0.2, -0.15) is 5.10 Å². The van der Waals surface area contributed by atoms with Crippen molar-refractivity contribution in [3.05, 3.63) is 96.7 Å². The second-order valence-electron chi connectivity index (χ2n) is 7.34. The molecule has 6 heteroatoms. The van der Waals surface area contributed by atoms with Crippen LogP contribution in [0.15, 0.2) is 85.3 Å². The number of aromatic nitrogens is 4. The van der Waals surface area contributed by atoms with Crippen molar-refractivity contribution in [2.24, 2.45) is 7.05 Å². The summed E-state index contributed by atoms with van der Waals surface area (Å²) in [6, 6.07) is 23.9. The first-order chi connectivity index (χ1) is 15.2. The van der Waals surface area contributed by atoms with Crippen molar-refractivity contribution in [2.75, 3.05) is 5.32 Å². The Kier molecular flexibility index (Phi) is 4.88. The van der Waals surface area contributed by atoms with Gasteiger partial charge in [0, 0.05) is 25.4 Å². The number of aryl methyl sites for hydroxylation is 1. The van der Waals surface area contributed by atoms with Crippen LogP contribution in [-0.4, -0.2) is 19.7 Å². The number of nitrogens with one attached hydrogen (secondary N) is 1. The minimum absolute atomic E-state index is 0.189. The molecule has 0 unspecified atom stereocenters. The van der Waals surface area contributed by atoms with Crippen molar-refractivity contribution in [1.29, 1.82) is 0 Å². The first-order valence-electron chi connectivity index (χ1n) is 10.00. The Morgan fingerprint density at radius 2 is 1.65 bits per heavy atom. The van der Waals surface area contributed by atoms with Crippen LogP contribution in [0.2, 0.25) is 0 Å². The third-order valence-electron chi connectivity index (χ3n) is 5.34. The number of rotatable bonds is 5. The van der Waals surface area contributed by atoms with Gasteiger partial charge in [-0.15, -0.1) is 0 Å². The van der Waals surface area contributed by atoms with E-state index in [2.05, 4.69) is 20.4 Å². The number of anilines is 1. The Morgan fingerprint density at radius 3 is 2.42 bits per heavy atom. The van der Waals surface area contributed by atoms with Crippen LogP contribution in [0, 0.1) is 5.82 Å². The number of hydrogen-bond acceptors (Lipinski definition) is 4. The molecule has 0 aliphatic carbocycles. The summed E-state index contributed by atoms with van der Waals surface area (Å²) in [5.41, 5.74) is 4.16. The summed E-state index contributed by atoms with van der Waals surface area (Å²) in [6.45, 7) is 0.455. The van der Waals surface area contributed by atoms with E-state index in [-0.39, 0.29) is 11.5 Å². The van der Waals surface area contributed by atoms with Gasteiger partial charge in [0.25, 0.3) is 0 Å². The molecule has 0 saturated heterocycles. The van der Waals surface area contributed by atoms with Gasteiger partial charge < -0.3 is 5.32 Å². The molecule has 0 aliphatic rings. The first kappa shape index (κ1) is 18.9. The van der Waals surface area contributed by atoms with E-state index in [4.69, 9.17) is 0 Å². The third-order valence-corrected chi connectivity index (χ3v) is 5.34. The van der Waals surface area contributed by atoms with Gasteiger partial charge in [-0.3, -0.25) is 4.68 Å². The topological polar surface area (TPSA) is 55.6 Å². The van der Waals surface area contributed by atoms with Crippen LogP contribution in [0.25, 0.3) is 33.3 Å². The minimum atomic E-state index is -0.454. The summed E-state index contributed by atoms with van der Waals surface area (Å²) in [5, 5.41) is 9.45. The quantitative estimate of drug-likeness (QED) is 0.419. The SMILES string of the molecule is Cn1nccc1-c1ccc(CNc2ncnc(-c3ccc4ccccc4c3)c2F)cc1. The number of benzene rings is 3. The Morgan fingerprint density at radius 1 is 0.871 bits per heavy atom. The number of hydrogen-bond donors (Lipinski definition) is 1. The highest BCUT2D eigenvalue weighted by Crippen LogP contribution is 2.27. The van der Waals surface area contributed by atoms with Gasteiger partial charge in [0.2, 0.25) is 0 Å². The molecule has 0 saturated carbocycles. The van der Waals surface area contributed by atoms with Crippen molar-refractivity contribution in [1.82, 2.24) is 19.7 Å². The van der Waals surface area contributed by atoms with Gasteiger partial charge in [-0.25, -0.2) is 14.4 Å². The predicted octanol–water partition coefficient (Wildman–Crippen LogP) is 5.45. The van der Waals surface area contributed by atoms with Crippen LogP contribution in [-0.2, 0) is 13.6 Å². The highest BCUT2D eigenvalue weighted by Gasteiger charge is 2.13. The monoisotopic (exact) mass is 409 g/mol. The lowest BCUT2D eigenvalue weighted by molar-refractivity contribution is 0.621. The molecule has 31 heavy (non-hydrogen) atoms. The second kappa shape index (κ2) is 7.99. The lowest BCUT2D eigenvalue weighted by Gasteiger charge is -2.10. The molecule has 0 fully saturated rings. The third kappa shape index (κ3) is 3.75. The summed E-state index contributed by atoms with van der Waals surface area (Å²) in [5.74, 6) is -0.266. The van der Waals surface area contributed by atoms with E-state index in [0.717, 1.165) is 33.2 Å². The summed E-state index contributed by atoms with van der Waals surface area (Å²) in [4.78, 5) is 8.29. The summed E-state index contributed by atoms with van der Waals surface area (Å²) in [7, 11) is 1.91. The minimum Gasteiger partial charge on any atom is -0.363 e. The Balaban J connectivity index is 1.36.